The number of aromatic nitrogens is 1. The number of amides is 1. The first-order valence-electron chi connectivity index (χ1n) is 5.31. The summed E-state index contributed by atoms with van der Waals surface area (Å²) in [6, 6.07) is 2.55. The molecule has 1 atom stereocenters. The van der Waals surface area contributed by atoms with Crippen LogP contribution in [0.1, 0.15) is 18.5 Å². The number of hydrogen-bond donors (Lipinski definition) is 3. The Labute approximate surface area is 113 Å². The van der Waals surface area contributed by atoms with Gasteiger partial charge in [-0.2, -0.15) is 0 Å². The van der Waals surface area contributed by atoms with E-state index in [0.29, 0.717) is 5.82 Å². The summed E-state index contributed by atoms with van der Waals surface area (Å²) in [6.07, 6.45) is -0.0436. The second-order valence-corrected chi connectivity index (χ2v) is 4.65. The maximum Gasteiger partial charge on any atom is 0.303 e. The lowest BCUT2D eigenvalue weighted by atomic mass is 10.1. The van der Waals surface area contributed by atoms with Gasteiger partial charge in [-0.25, -0.2) is 4.98 Å². The summed E-state index contributed by atoms with van der Waals surface area (Å²) in [6.45, 7) is 1.80. The molecule has 0 saturated carbocycles. The Morgan fingerprint density at radius 3 is 2.78 bits per heavy atom. The highest BCUT2D eigenvalue weighted by molar-refractivity contribution is 9.10. The lowest BCUT2D eigenvalue weighted by Crippen LogP contribution is -2.36. The van der Waals surface area contributed by atoms with Crippen molar-refractivity contribution in [3.63, 3.8) is 0 Å². The van der Waals surface area contributed by atoms with E-state index in [1.165, 1.54) is 0 Å². The first kappa shape index (κ1) is 14.6. The molecule has 0 fully saturated rings. The molecule has 0 aliphatic heterocycles. The predicted octanol–water partition coefficient (Wildman–Crippen LogP) is 1.28. The molecule has 18 heavy (non-hydrogen) atoms. The smallest absolute Gasteiger partial charge is 0.303 e. The van der Waals surface area contributed by atoms with Crippen LogP contribution >= 0.6 is 15.9 Å². The normalized spacial score (nSPS) is 11.9. The van der Waals surface area contributed by atoms with Crippen molar-refractivity contribution >= 4 is 33.6 Å². The minimum absolute atomic E-state index is 0.0939. The lowest BCUT2D eigenvalue weighted by Gasteiger charge is -2.11. The number of nitrogens with one attached hydrogen (secondary N) is 1. The fourth-order valence-electron chi connectivity index (χ4n) is 1.24. The summed E-state index contributed by atoms with van der Waals surface area (Å²) in [7, 11) is 0. The van der Waals surface area contributed by atoms with Crippen molar-refractivity contribution in [3.05, 3.63) is 22.3 Å². The van der Waals surface area contributed by atoms with Gasteiger partial charge in [0, 0.05) is 10.9 Å². The van der Waals surface area contributed by atoms with Gasteiger partial charge in [0.15, 0.2) is 0 Å². The third kappa shape index (κ3) is 4.42. The third-order valence-corrected chi connectivity index (χ3v) is 3.12. The molecule has 1 rings (SSSR count). The van der Waals surface area contributed by atoms with Gasteiger partial charge in [0.05, 0.1) is 11.7 Å². The summed E-state index contributed by atoms with van der Waals surface area (Å²) >= 11 is 3.30. The molecule has 0 spiro atoms. The monoisotopic (exact) mass is 315 g/mol. The van der Waals surface area contributed by atoms with Crippen LogP contribution in [0.3, 0.4) is 0 Å². The SMILES string of the molecule is Cc1nc(NC(=O)C(N)CCC(=O)O)ccc1Br. The van der Waals surface area contributed by atoms with E-state index in [2.05, 4.69) is 26.2 Å². The van der Waals surface area contributed by atoms with Crippen LogP contribution < -0.4 is 11.1 Å². The quantitative estimate of drug-likeness (QED) is 0.759. The van der Waals surface area contributed by atoms with Crippen molar-refractivity contribution in [3.8, 4) is 0 Å². The van der Waals surface area contributed by atoms with E-state index >= 15 is 0 Å². The molecule has 1 heterocycles. The van der Waals surface area contributed by atoms with Crippen LogP contribution in [0.5, 0.6) is 0 Å². The Hall–Kier alpha value is -1.47. The van der Waals surface area contributed by atoms with E-state index in [-0.39, 0.29) is 12.8 Å². The Kier molecular flexibility index (Phi) is 5.24. The zero-order valence-corrected chi connectivity index (χ0v) is 11.4. The first-order chi connectivity index (χ1) is 8.40. The van der Waals surface area contributed by atoms with Crippen LogP contribution in [-0.2, 0) is 9.59 Å². The number of anilines is 1. The van der Waals surface area contributed by atoms with E-state index in [9.17, 15) is 9.59 Å². The van der Waals surface area contributed by atoms with Crippen molar-refractivity contribution in [2.24, 2.45) is 5.73 Å². The molecule has 0 bridgehead atoms. The third-order valence-electron chi connectivity index (χ3n) is 2.28. The van der Waals surface area contributed by atoms with Gasteiger partial charge in [0.1, 0.15) is 5.82 Å². The Morgan fingerprint density at radius 1 is 1.56 bits per heavy atom. The number of carboxylic acids is 1. The number of carbonyl (C=O) groups excluding carboxylic acids is 1. The molecule has 98 valence electrons. The highest BCUT2D eigenvalue weighted by atomic mass is 79.9. The fraction of sp³-hybridized carbons (Fsp3) is 0.364. The van der Waals surface area contributed by atoms with Crippen molar-refractivity contribution in [1.29, 1.82) is 0 Å². The Bertz CT molecular complexity index is 465. The van der Waals surface area contributed by atoms with E-state index in [1.807, 2.05) is 0 Å². The average Bonchev–Trinajstić information content (AvgIpc) is 2.30. The summed E-state index contributed by atoms with van der Waals surface area (Å²) in [4.78, 5) is 26.1. The number of pyridine rings is 1. The molecule has 1 amide bonds. The number of nitrogens with two attached hydrogens (primary N) is 1. The number of rotatable bonds is 5. The van der Waals surface area contributed by atoms with E-state index in [4.69, 9.17) is 10.8 Å². The molecule has 0 saturated heterocycles. The van der Waals surface area contributed by atoms with Crippen LogP contribution in [0.2, 0.25) is 0 Å². The summed E-state index contributed by atoms with van der Waals surface area (Å²) in [5.74, 6) is -1.02. The van der Waals surface area contributed by atoms with Crippen molar-refractivity contribution in [1.82, 2.24) is 4.98 Å². The van der Waals surface area contributed by atoms with Gasteiger partial charge in [0.2, 0.25) is 5.91 Å². The molecule has 4 N–H and O–H groups in total. The number of aliphatic carboxylic acids is 1. The van der Waals surface area contributed by atoms with Gasteiger partial charge in [-0.05, 0) is 41.4 Å². The zero-order chi connectivity index (χ0) is 13.7. The van der Waals surface area contributed by atoms with Crippen LogP contribution in [0, 0.1) is 6.92 Å². The standard InChI is InChI=1S/C11H14BrN3O3/c1-6-7(12)2-4-9(14-6)15-11(18)8(13)3-5-10(16)17/h2,4,8H,3,5,13H2,1H3,(H,16,17)(H,14,15,18). The van der Waals surface area contributed by atoms with Crippen LogP contribution in [0.15, 0.2) is 16.6 Å². The van der Waals surface area contributed by atoms with Crippen LogP contribution in [0.4, 0.5) is 5.82 Å². The van der Waals surface area contributed by atoms with Gasteiger partial charge in [-0.15, -0.1) is 0 Å². The minimum atomic E-state index is -0.976. The zero-order valence-electron chi connectivity index (χ0n) is 9.81. The van der Waals surface area contributed by atoms with Crippen molar-refractivity contribution in [2.75, 3.05) is 5.32 Å². The Balaban J connectivity index is 2.58. The van der Waals surface area contributed by atoms with Gasteiger partial charge in [0.25, 0.3) is 0 Å². The Morgan fingerprint density at radius 2 is 2.22 bits per heavy atom. The first-order valence-corrected chi connectivity index (χ1v) is 6.11. The van der Waals surface area contributed by atoms with Gasteiger partial charge in [-0.3, -0.25) is 9.59 Å². The highest BCUT2D eigenvalue weighted by Gasteiger charge is 2.15. The number of aryl methyl sites for hydroxylation is 1. The average molecular weight is 316 g/mol. The van der Waals surface area contributed by atoms with Crippen molar-refractivity contribution in [2.45, 2.75) is 25.8 Å². The predicted molar refractivity (Wildman–Crippen MR) is 70.1 cm³/mol. The fourth-order valence-corrected chi connectivity index (χ4v) is 1.46. The molecule has 7 heteroatoms. The molecular formula is C11H14BrN3O3. The maximum absolute atomic E-state index is 11.6. The summed E-state index contributed by atoms with van der Waals surface area (Å²) < 4.78 is 0.843. The van der Waals surface area contributed by atoms with E-state index in [0.717, 1.165) is 10.2 Å². The lowest BCUT2D eigenvalue weighted by molar-refractivity contribution is -0.137. The van der Waals surface area contributed by atoms with E-state index < -0.39 is 17.9 Å². The molecule has 0 aliphatic carbocycles. The number of carbonyl (C=O) groups is 2. The largest absolute Gasteiger partial charge is 0.481 e. The molecule has 0 aromatic carbocycles. The molecule has 1 unspecified atom stereocenters. The summed E-state index contributed by atoms with van der Waals surface area (Å²) in [5.41, 5.74) is 6.31. The maximum atomic E-state index is 11.6. The van der Waals surface area contributed by atoms with Crippen LogP contribution in [-0.4, -0.2) is 28.0 Å². The molecule has 0 aliphatic rings. The minimum Gasteiger partial charge on any atom is -0.481 e. The number of halogens is 1. The van der Waals surface area contributed by atoms with Crippen LogP contribution in [0.25, 0.3) is 0 Å². The topological polar surface area (TPSA) is 105 Å². The van der Waals surface area contributed by atoms with Crippen molar-refractivity contribution < 1.29 is 14.7 Å². The molecule has 0 radical (unpaired) electrons. The van der Waals surface area contributed by atoms with Gasteiger partial charge < -0.3 is 16.2 Å². The second-order valence-electron chi connectivity index (χ2n) is 3.79. The van der Waals surface area contributed by atoms with Gasteiger partial charge in [-0.1, -0.05) is 0 Å². The van der Waals surface area contributed by atoms with E-state index in [1.54, 1.807) is 19.1 Å². The summed E-state index contributed by atoms with van der Waals surface area (Å²) in [5, 5.41) is 11.0. The molecular weight excluding hydrogens is 302 g/mol. The molecule has 1 aromatic rings. The highest BCUT2D eigenvalue weighted by Crippen LogP contribution is 2.16. The number of nitrogens with zero attached hydrogens (tertiary/aromatic N) is 1. The number of carboxylic acid groups (broad SMARTS) is 1. The van der Waals surface area contributed by atoms with Gasteiger partial charge >= 0.3 is 5.97 Å². The molecule has 1 aromatic heterocycles. The number of hydrogen-bond acceptors (Lipinski definition) is 4. The molecule has 6 nitrogen and oxygen atoms in total. The second kappa shape index (κ2) is 6.46.